The minimum Gasteiger partial charge on any atom is -0.378 e. The molecule has 1 aromatic carbocycles. The number of halogens is 1. The zero-order valence-corrected chi connectivity index (χ0v) is 12.0. The van der Waals surface area contributed by atoms with E-state index in [-0.39, 0.29) is 10.8 Å². The largest absolute Gasteiger partial charge is 0.378 e. The van der Waals surface area contributed by atoms with Gasteiger partial charge in [0.15, 0.2) is 0 Å². The van der Waals surface area contributed by atoms with Crippen molar-refractivity contribution in [2.24, 2.45) is 0 Å². The van der Waals surface area contributed by atoms with Crippen LogP contribution in [-0.4, -0.2) is 45.5 Å². The molecule has 19 heavy (non-hydrogen) atoms. The predicted molar refractivity (Wildman–Crippen MR) is 70.9 cm³/mol. The zero-order valence-electron chi connectivity index (χ0n) is 10.4. The second-order valence-electron chi connectivity index (χ2n) is 4.32. The molecule has 1 saturated heterocycles. The van der Waals surface area contributed by atoms with Crippen molar-refractivity contribution in [3.8, 4) is 0 Å². The van der Waals surface area contributed by atoms with Gasteiger partial charge >= 0.3 is 0 Å². The van der Waals surface area contributed by atoms with Gasteiger partial charge < -0.3 is 9.64 Å². The van der Waals surface area contributed by atoms with Gasteiger partial charge in [0.1, 0.15) is 0 Å². The maximum absolute atomic E-state index is 12.3. The van der Waals surface area contributed by atoms with E-state index >= 15 is 0 Å². The monoisotopic (exact) mass is 303 g/mol. The Labute approximate surface area is 116 Å². The fourth-order valence-electron chi connectivity index (χ4n) is 1.96. The van der Waals surface area contributed by atoms with Crippen molar-refractivity contribution in [2.75, 3.05) is 26.3 Å². The van der Waals surface area contributed by atoms with Crippen LogP contribution in [0.1, 0.15) is 15.9 Å². The molecule has 1 aromatic rings. The minimum absolute atomic E-state index is 0.00481. The van der Waals surface area contributed by atoms with Gasteiger partial charge in [0, 0.05) is 29.3 Å². The van der Waals surface area contributed by atoms with E-state index in [9.17, 15) is 13.2 Å². The fraction of sp³-hybridized carbons (Fsp3) is 0.417. The van der Waals surface area contributed by atoms with Crippen molar-refractivity contribution < 1.29 is 17.9 Å². The highest BCUT2D eigenvalue weighted by molar-refractivity contribution is 8.13. The van der Waals surface area contributed by atoms with Gasteiger partial charge in [0.2, 0.25) is 0 Å². The number of carbonyl (C=O) groups is 1. The number of rotatable bonds is 2. The van der Waals surface area contributed by atoms with Crippen molar-refractivity contribution >= 4 is 25.6 Å². The molecule has 1 heterocycles. The van der Waals surface area contributed by atoms with E-state index < -0.39 is 9.05 Å². The van der Waals surface area contributed by atoms with Crippen LogP contribution in [0, 0.1) is 6.92 Å². The first-order chi connectivity index (χ1) is 8.89. The number of hydrogen-bond acceptors (Lipinski definition) is 4. The van der Waals surface area contributed by atoms with E-state index in [1.165, 1.54) is 18.2 Å². The van der Waals surface area contributed by atoms with Crippen LogP contribution < -0.4 is 0 Å². The summed E-state index contributed by atoms with van der Waals surface area (Å²) >= 11 is 0. The smallest absolute Gasteiger partial charge is 0.261 e. The Morgan fingerprint density at radius 2 is 1.95 bits per heavy atom. The van der Waals surface area contributed by atoms with E-state index in [1.807, 2.05) is 0 Å². The molecule has 1 fully saturated rings. The summed E-state index contributed by atoms with van der Waals surface area (Å²) in [6.45, 7) is 3.85. The number of benzene rings is 1. The zero-order chi connectivity index (χ0) is 14.0. The molecule has 0 spiro atoms. The Morgan fingerprint density at radius 3 is 2.47 bits per heavy atom. The first-order valence-corrected chi connectivity index (χ1v) is 8.13. The lowest BCUT2D eigenvalue weighted by Crippen LogP contribution is -2.40. The number of ether oxygens (including phenoxy) is 1. The quantitative estimate of drug-likeness (QED) is 0.775. The van der Waals surface area contributed by atoms with Crippen LogP contribution in [0.3, 0.4) is 0 Å². The SMILES string of the molecule is Cc1cc(S(=O)(=O)Cl)ccc1C(=O)N1CCOCC1. The molecule has 2 rings (SSSR count). The van der Waals surface area contributed by atoms with Crippen molar-refractivity contribution in [3.05, 3.63) is 29.3 Å². The summed E-state index contributed by atoms with van der Waals surface area (Å²) in [6.07, 6.45) is 0. The average Bonchev–Trinajstić information content (AvgIpc) is 2.38. The van der Waals surface area contributed by atoms with Crippen molar-refractivity contribution in [3.63, 3.8) is 0 Å². The molecule has 0 saturated carbocycles. The number of nitrogens with zero attached hydrogens (tertiary/aromatic N) is 1. The van der Waals surface area contributed by atoms with Crippen LogP contribution in [-0.2, 0) is 13.8 Å². The number of carbonyl (C=O) groups excluding carboxylic acids is 1. The van der Waals surface area contributed by atoms with Crippen LogP contribution in [0.2, 0.25) is 0 Å². The third kappa shape index (κ3) is 3.26. The topological polar surface area (TPSA) is 63.7 Å². The molecule has 0 unspecified atom stereocenters. The summed E-state index contributed by atoms with van der Waals surface area (Å²) in [5.41, 5.74) is 1.09. The molecule has 0 N–H and O–H groups in total. The summed E-state index contributed by atoms with van der Waals surface area (Å²) in [6, 6.07) is 4.27. The molecular weight excluding hydrogens is 290 g/mol. The maximum atomic E-state index is 12.3. The second-order valence-corrected chi connectivity index (χ2v) is 6.89. The number of morpholine rings is 1. The Balaban J connectivity index is 2.28. The summed E-state index contributed by atoms with van der Waals surface area (Å²) < 4.78 is 27.6. The van der Waals surface area contributed by atoms with Gasteiger partial charge in [-0.3, -0.25) is 4.79 Å². The molecule has 0 aromatic heterocycles. The molecule has 0 aliphatic carbocycles. The summed E-state index contributed by atoms with van der Waals surface area (Å²) in [4.78, 5) is 14.0. The molecular formula is C12H14ClNO4S. The van der Waals surface area contributed by atoms with E-state index in [4.69, 9.17) is 15.4 Å². The van der Waals surface area contributed by atoms with Gasteiger partial charge in [-0.2, -0.15) is 0 Å². The van der Waals surface area contributed by atoms with Crippen LogP contribution in [0.15, 0.2) is 23.1 Å². The van der Waals surface area contributed by atoms with Crippen molar-refractivity contribution in [1.82, 2.24) is 4.90 Å². The highest BCUT2D eigenvalue weighted by Gasteiger charge is 2.21. The van der Waals surface area contributed by atoms with E-state index in [0.717, 1.165) is 0 Å². The predicted octanol–water partition coefficient (Wildman–Crippen LogP) is 1.39. The van der Waals surface area contributed by atoms with Crippen LogP contribution in [0.4, 0.5) is 0 Å². The van der Waals surface area contributed by atoms with Gasteiger partial charge in [0.25, 0.3) is 15.0 Å². The Kier molecular flexibility index (Phi) is 4.13. The lowest BCUT2D eigenvalue weighted by atomic mass is 10.1. The third-order valence-electron chi connectivity index (χ3n) is 3.01. The van der Waals surface area contributed by atoms with Crippen molar-refractivity contribution in [1.29, 1.82) is 0 Å². The molecule has 5 nitrogen and oxygen atoms in total. The standard InChI is InChI=1S/C12H14ClNO4S/c1-9-8-10(19(13,16)17)2-3-11(9)12(15)14-4-6-18-7-5-14/h2-3,8H,4-7H2,1H3. The highest BCUT2D eigenvalue weighted by atomic mass is 35.7. The lowest BCUT2D eigenvalue weighted by Gasteiger charge is -2.27. The Morgan fingerprint density at radius 1 is 1.32 bits per heavy atom. The number of hydrogen-bond donors (Lipinski definition) is 0. The molecule has 0 radical (unpaired) electrons. The molecule has 1 aliphatic heterocycles. The maximum Gasteiger partial charge on any atom is 0.261 e. The normalized spacial score (nSPS) is 16.4. The van der Waals surface area contributed by atoms with E-state index in [2.05, 4.69) is 0 Å². The molecule has 0 bridgehead atoms. The molecule has 7 heteroatoms. The van der Waals surface area contributed by atoms with Crippen LogP contribution in [0.5, 0.6) is 0 Å². The summed E-state index contributed by atoms with van der Waals surface area (Å²) in [5.74, 6) is -0.112. The lowest BCUT2D eigenvalue weighted by molar-refractivity contribution is 0.0302. The summed E-state index contributed by atoms with van der Waals surface area (Å²) in [7, 11) is 1.51. The number of aryl methyl sites for hydroxylation is 1. The fourth-order valence-corrected chi connectivity index (χ4v) is 2.80. The highest BCUT2D eigenvalue weighted by Crippen LogP contribution is 2.20. The molecule has 1 amide bonds. The van der Waals surface area contributed by atoms with Gasteiger partial charge in [-0.15, -0.1) is 0 Å². The van der Waals surface area contributed by atoms with Gasteiger partial charge in [0.05, 0.1) is 18.1 Å². The van der Waals surface area contributed by atoms with Crippen molar-refractivity contribution in [2.45, 2.75) is 11.8 Å². The molecule has 1 aliphatic rings. The van der Waals surface area contributed by atoms with Gasteiger partial charge in [-0.1, -0.05) is 0 Å². The Hall–Kier alpha value is -1.11. The van der Waals surface area contributed by atoms with Gasteiger partial charge in [-0.25, -0.2) is 8.42 Å². The molecule has 104 valence electrons. The van der Waals surface area contributed by atoms with E-state index in [1.54, 1.807) is 11.8 Å². The van der Waals surface area contributed by atoms with E-state index in [0.29, 0.717) is 37.4 Å². The summed E-state index contributed by atoms with van der Waals surface area (Å²) in [5, 5.41) is 0. The average molecular weight is 304 g/mol. The van der Waals surface area contributed by atoms with Crippen LogP contribution in [0.25, 0.3) is 0 Å². The van der Waals surface area contributed by atoms with Gasteiger partial charge in [-0.05, 0) is 30.7 Å². The first kappa shape index (κ1) is 14.3. The van der Waals surface area contributed by atoms with Crippen LogP contribution >= 0.6 is 10.7 Å². The molecule has 0 atom stereocenters. The second kappa shape index (κ2) is 5.48. The number of amides is 1. The first-order valence-electron chi connectivity index (χ1n) is 5.82. The Bertz CT molecular complexity index is 594. The minimum atomic E-state index is -3.77. The third-order valence-corrected chi connectivity index (χ3v) is 4.36.